The fourth-order valence-electron chi connectivity index (χ4n) is 0.772. The average molecular weight is 138 g/mol. The Balaban J connectivity index is 2.81. The van der Waals surface area contributed by atoms with Gasteiger partial charge in [0.15, 0.2) is 0 Å². The van der Waals surface area contributed by atoms with Crippen LogP contribution in [0.1, 0.15) is 13.8 Å². The summed E-state index contributed by atoms with van der Waals surface area (Å²) in [5.41, 5.74) is 0.880. The molecular formula is C7H10N2O. The Hall–Kier alpha value is -1.12. The third-order valence-corrected chi connectivity index (χ3v) is 1.33. The monoisotopic (exact) mass is 138 g/mol. The number of nitrogens with zero attached hydrogens (tertiary/aromatic N) is 1. The maximum absolute atomic E-state index is 10.9. The van der Waals surface area contributed by atoms with Gasteiger partial charge in [-0.15, -0.1) is 0 Å². The summed E-state index contributed by atoms with van der Waals surface area (Å²) in [7, 11) is 0. The molecule has 0 aromatic carbocycles. The third-order valence-electron chi connectivity index (χ3n) is 1.33. The van der Waals surface area contributed by atoms with E-state index in [0.717, 1.165) is 5.71 Å². The van der Waals surface area contributed by atoms with Crippen LogP contribution >= 0.6 is 0 Å². The molecule has 0 saturated heterocycles. The zero-order valence-corrected chi connectivity index (χ0v) is 6.09. The van der Waals surface area contributed by atoms with E-state index >= 15 is 0 Å². The van der Waals surface area contributed by atoms with Crippen LogP contribution in [0, 0.1) is 0 Å². The van der Waals surface area contributed by atoms with Gasteiger partial charge in [-0.25, -0.2) is 0 Å². The van der Waals surface area contributed by atoms with Crippen LogP contribution in [0.25, 0.3) is 0 Å². The molecule has 0 radical (unpaired) electrons. The second-order valence-corrected chi connectivity index (χ2v) is 2.29. The molecule has 1 atom stereocenters. The van der Waals surface area contributed by atoms with Crippen LogP contribution in [-0.2, 0) is 4.79 Å². The molecule has 3 heteroatoms. The largest absolute Gasteiger partial charge is 0.331 e. The van der Waals surface area contributed by atoms with E-state index in [-0.39, 0.29) is 11.9 Å². The molecule has 1 aliphatic rings. The lowest BCUT2D eigenvalue weighted by atomic mass is 10.3. The van der Waals surface area contributed by atoms with Gasteiger partial charge < -0.3 is 5.32 Å². The van der Waals surface area contributed by atoms with Crippen molar-refractivity contribution in [3.8, 4) is 0 Å². The standard InChI is InChI=1S/C7H10N2O/c1-5-3-4-8-7(10)6(2)9-5/h3-4,6H,1-2H3,(H,8,10). The van der Waals surface area contributed by atoms with Crippen LogP contribution in [0.15, 0.2) is 17.3 Å². The van der Waals surface area contributed by atoms with Crippen molar-refractivity contribution >= 4 is 11.6 Å². The minimum atomic E-state index is -0.255. The highest BCUT2D eigenvalue weighted by Crippen LogP contribution is 1.95. The van der Waals surface area contributed by atoms with Crippen LogP contribution in [0.4, 0.5) is 0 Å². The first kappa shape index (κ1) is 6.99. The highest BCUT2D eigenvalue weighted by molar-refractivity contribution is 5.97. The van der Waals surface area contributed by atoms with Crippen molar-refractivity contribution in [1.29, 1.82) is 0 Å². The van der Waals surface area contributed by atoms with E-state index in [1.54, 1.807) is 19.2 Å². The lowest BCUT2D eigenvalue weighted by molar-refractivity contribution is -0.120. The molecule has 1 heterocycles. The Morgan fingerprint density at radius 2 is 2.40 bits per heavy atom. The van der Waals surface area contributed by atoms with Gasteiger partial charge in [0.2, 0.25) is 5.91 Å². The van der Waals surface area contributed by atoms with Crippen molar-refractivity contribution in [3.05, 3.63) is 12.3 Å². The van der Waals surface area contributed by atoms with E-state index in [2.05, 4.69) is 10.3 Å². The SMILES string of the molecule is CC1=NC(C)C(=O)NC=C1. The summed E-state index contributed by atoms with van der Waals surface area (Å²) >= 11 is 0. The number of allylic oxidation sites excluding steroid dienone is 1. The molecule has 0 saturated carbocycles. The number of nitrogens with one attached hydrogen (secondary N) is 1. The Morgan fingerprint density at radius 1 is 1.70 bits per heavy atom. The molecule has 0 aromatic heterocycles. The molecule has 3 nitrogen and oxygen atoms in total. The minimum absolute atomic E-state index is 0.0481. The number of aliphatic imine (C=N–C) groups is 1. The second kappa shape index (κ2) is 2.64. The molecule has 10 heavy (non-hydrogen) atoms. The highest BCUT2D eigenvalue weighted by atomic mass is 16.2. The molecule has 54 valence electrons. The maximum Gasteiger partial charge on any atom is 0.248 e. The van der Waals surface area contributed by atoms with Gasteiger partial charge in [-0.05, 0) is 19.9 Å². The zero-order chi connectivity index (χ0) is 7.56. The summed E-state index contributed by atoms with van der Waals surface area (Å²) in [6.07, 6.45) is 3.39. The number of hydrogen-bond acceptors (Lipinski definition) is 2. The predicted octanol–water partition coefficient (Wildman–Crippen LogP) is 0.479. The molecule has 0 fully saturated rings. The Labute approximate surface area is 59.8 Å². The Kier molecular flexibility index (Phi) is 1.85. The number of rotatable bonds is 0. The molecule has 0 aliphatic carbocycles. The summed E-state index contributed by atoms with van der Waals surface area (Å²) in [5.74, 6) is -0.0481. The maximum atomic E-state index is 10.9. The topological polar surface area (TPSA) is 41.5 Å². The van der Waals surface area contributed by atoms with E-state index in [4.69, 9.17) is 0 Å². The van der Waals surface area contributed by atoms with Crippen molar-refractivity contribution in [3.63, 3.8) is 0 Å². The third kappa shape index (κ3) is 1.43. The number of carbonyl (C=O) groups is 1. The predicted molar refractivity (Wildman–Crippen MR) is 39.9 cm³/mol. The minimum Gasteiger partial charge on any atom is -0.331 e. The first-order valence-corrected chi connectivity index (χ1v) is 3.21. The first-order valence-electron chi connectivity index (χ1n) is 3.21. The quantitative estimate of drug-likeness (QED) is 0.519. The van der Waals surface area contributed by atoms with Gasteiger partial charge in [0.05, 0.1) is 0 Å². The van der Waals surface area contributed by atoms with Crippen LogP contribution < -0.4 is 5.32 Å². The van der Waals surface area contributed by atoms with Crippen LogP contribution in [0.5, 0.6) is 0 Å². The molecule has 1 unspecified atom stereocenters. The lowest BCUT2D eigenvalue weighted by Gasteiger charge is -2.00. The van der Waals surface area contributed by atoms with Crippen molar-refractivity contribution < 1.29 is 4.79 Å². The molecule has 1 amide bonds. The van der Waals surface area contributed by atoms with Gasteiger partial charge in [0.25, 0.3) is 0 Å². The molecule has 0 spiro atoms. The smallest absolute Gasteiger partial charge is 0.248 e. The van der Waals surface area contributed by atoms with Gasteiger partial charge in [0.1, 0.15) is 6.04 Å². The lowest BCUT2D eigenvalue weighted by Crippen LogP contribution is -2.26. The summed E-state index contributed by atoms with van der Waals surface area (Å²) in [6, 6.07) is -0.255. The average Bonchev–Trinajstić information content (AvgIpc) is 1.96. The Morgan fingerprint density at radius 3 is 3.10 bits per heavy atom. The molecule has 0 aromatic rings. The fraction of sp³-hybridized carbons (Fsp3) is 0.429. The van der Waals surface area contributed by atoms with Crippen molar-refractivity contribution in [1.82, 2.24) is 5.32 Å². The molecule has 1 rings (SSSR count). The molecular weight excluding hydrogens is 128 g/mol. The number of hydrogen-bond donors (Lipinski definition) is 1. The normalized spacial score (nSPS) is 25.2. The van der Waals surface area contributed by atoms with Crippen LogP contribution in [-0.4, -0.2) is 17.7 Å². The molecule has 1 N–H and O–H groups in total. The van der Waals surface area contributed by atoms with E-state index in [1.165, 1.54) is 0 Å². The van der Waals surface area contributed by atoms with Crippen LogP contribution in [0.3, 0.4) is 0 Å². The summed E-state index contributed by atoms with van der Waals surface area (Å²) in [6.45, 7) is 3.64. The van der Waals surface area contributed by atoms with Gasteiger partial charge in [-0.1, -0.05) is 0 Å². The van der Waals surface area contributed by atoms with E-state index in [9.17, 15) is 4.79 Å². The van der Waals surface area contributed by atoms with Gasteiger partial charge >= 0.3 is 0 Å². The van der Waals surface area contributed by atoms with Gasteiger partial charge in [-0.3, -0.25) is 9.79 Å². The summed E-state index contributed by atoms with van der Waals surface area (Å²) < 4.78 is 0. The fourth-order valence-corrected chi connectivity index (χ4v) is 0.772. The van der Waals surface area contributed by atoms with Crippen molar-refractivity contribution in [2.24, 2.45) is 4.99 Å². The summed E-state index contributed by atoms with van der Waals surface area (Å²) in [5, 5.41) is 2.59. The molecule has 1 aliphatic heterocycles. The molecule has 0 bridgehead atoms. The van der Waals surface area contributed by atoms with E-state index in [1.807, 2.05) is 6.92 Å². The van der Waals surface area contributed by atoms with E-state index < -0.39 is 0 Å². The number of amides is 1. The highest BCUT2D eigenvalue weighted by Gasteiger charge is 2.10. The Bertz CT molecular complexity index is 206. The van der Waals surface area contributed by atoms with Gasteiger partial charge in [-0.2, -0.15) is 0 Å². The first-order chi connectivity index (χ1) is 4.70. The zero-order valence-electron chi connectivity index (χ0n) is 6.09. The van der Waals surface area contributed by atoms with Crippen LogP contribution in [0.2, 0.25) is 0 Å². The number of carbonyl (C=O) groups excluding carboxylic acids is 1. The van der Waals surface area contributed by atoms with E-state index in [0.29, 0.717) is 0 Å². The summed E-state index contributed by atoms with van der Waals surface area (Å²) in [4.78, 5) is 15.0. The second-order valence-electron chi connectivity index (χ2n) is 2.29. The van der Waals surface area contributed by atoms with Crippen molar-refractivity contribution in [2.45, 2.75) is 19.9 Å². The van der Waals surface area contributed by atoms with Crippen molar-refractivity contribution in [2.75, 3.05) is 0 Å². The van der Waals surface area contributed by atoms with Gasteiger partial charge in [0, 0.05) is 11.9 Å².